The lowest BCUT2D eigenvalue weighted by atomic mass is 10.1. The Morgan fingerprint density at radius 3 is 2.95 bits per heavy atom. The van der Waals surface area contributed by atoms with E-state index in [1.807, 2.05) is 6.07 Å². The van der Waals surface area contributed by atoms with Crippen LogP contribution in [0.25, 0.3) is 22.0 Å². The fourth-order valence-electron chi connectivity index (χ4n) is 2.28. The molecule has 0 radical (unpaired) electrons. The zero-order valence-electron chi connectivity index (χ0n) is 10.5. The van der Waals surface area contributed by atoms with E-state index in [4.69, 9.17) is 5.26 Å². The summed E-state index contributed by atoms with van der Waals surface area (Å²) in [7, 11) is 0. The van der Waals surface area contributed by atoms with Crippen molar-refractivity contribution in [3.63, 3.8) is 0 Å². The lowest BCUT2D eigenvalue weighted by molar-refractivity contribution is 0.631. The van der Waals surface area contributed by atoms with E-state index >= 15 is 0 Å². The van der Waals surface area contributed by atoms with Gasteiger partial charge in [0.05, 0.1) is 28.9 Å². The average molecular weight is 268 g/mol. The second-order valence-electron chi connectivity index (χ2n) is 4.42. The maximum absolute atomic E-state index is 14.0. The summed E-state index contributed by atoms with van der Waals surface area (Å²) in [5.41, 5.74) is 1.33. The standard InChI is InChI=1S/C14H9FN4O/c1-7-12-10(6-17-19-14(12)20)13(18-7)9-4-8(5-16)2-3-11(9)15/h2-4,6,18H,1H3,(H,19,20). The molecular formula is C14H9FN4O. The molecule has 0 aliphatic carbocycles. The summed E-state index contributed by atoms with van der Waals surface area (Å²) in [4.78, 5) is 14.8. The summed E-state index contributed by atoms with van der Waals surface area (Å²) in [6.45, 7) is 1.73. The molecule has 5 nitrogen and oxygen atoms in total. The largest absolute Gasteiger partial charge is 0.357 e. The Morgan fingerprint density at radius 2 is 2.20 bits per heavy atom. The fraction of sp³-hybridized carbons (Fsp3) is 0.0714. The van der Waals surface area contributed by atoms with Gasteiger partial charge >= 0.3 is 0 Å². The lowest BCUT2D eigenvalue weighted by Gasteiger charge is -2.02. The highest BCUT2D eigenvalue weighted by Gasteiger charge is 2.16. The van der Waals surface area contributed by atoms with Crippen LogP contribution in [0.3, 0.4) is 0 Å². The van der Waals surface area contributed by atoms with Crippen molar-refractivity contribution in [2.75, 3.05) is 0 Å². The van der Waals surface area contributed by atoms with Gasteiger partial charge in [-0.05, 0) is 25.1 Å². The van der Waals surface area contributed by atoms with Gasteiger partial charge in [0.2, 0.25) is 0 Å². The number of halogens is 1. The molecule has 0 saturated carbocycles. The predicted molar refractivity (Wildman–Crippen MR) is 71.6 cm³/mol. The third kappa shape index (κ3) is 1.68. The van der Waals surface area contributed by atoms with Crippen molar-refractivity contribution in [2.24, 2.45) is 0 Å². The van der Waals surface area contributed by atoms with E-state index in [0.29, 0.717) is 27.7 Å². The zero-order valence-corrected chi connectivity index (χ0v) is 10.5. The van der Waals surface area contributed by atoms with Crippen LogP contribution in [0.15, 0.2) is 29.2 Å². The number of nitriles is 1. The van der Waals surface area contributed by atoms with Gasteiger partial charge in [0.25, 0.3) is 5.56 Å². The number of nitrogens with zero attached hydrogens (tertiary/aromatic N) is 2. The van der Waals surface area contributed by atoms with E-state index < -0.39 is 5.82 Å². The second kappa shape index (κ2) is 4.31. The topological polar surface area (TPSA) is 85.3 Å². The number of aromatic amines is 2. The van der Waals surface area contributed by atoms with Crippen LogP contribution in [0.5, 0.6) is 0 Å². The molecule has 0 bridgehead atoms. The number of hydrogen-bond donors (Lipinski definition) is 2. The molecule has 2 heterocycles. The molecule has 0 spiro atoms. The first-order valence-corrected chi connectivity index (χ1v) is 5.88. The highest BCUT2D eigenvalue weighted by Crippen LogP contribution is 2.30. The maximum Gasteiger partial charge on any atom is 0.273 e. The van der Waals surface area contributed by atoms with Gasteiger partial charge in [0.15, 0.2) is 0 Å². The third-order valence-corrected chi connectivity index (χ3v) is 3.18. The fourth-order valence-corrected chi connectivity index (χ4v) is 2.28. The molecule has 20 heavy (non-hydrogen) atoms. The summed E-state index contributed by atoms with van der Waals surface area (Å²) >= 11 is 0. The van der Waals surface area contributed by atoms with Gasteiger partial charge < -0.3 is 4.98 Å². The Bertz CT molecular complexity index is 917. The molecule has 0 aliphatic heterocycles. The summed E-state index contributed by atoms with van der Waals surface area (Å²) < 4.78 is 14.0. The number of hydrogen-bond acceptors (Lipinski definition) is 3. The molecule has 3 rings (SSSR count). The van der Waals surface area contributed by atoms with Gasteiger partial charge in [-0.25, -0.2) is 9.49 Å². The number of benzene rings is 1. The van der Waals surface area contributed by atoms with E-state index in [-0.39, 0.29) is 11.1 Å². The minimum absolute atomic E-state index is 0.245. The number of H-pyrrole nitrogens is 2. The molecular weight excluding hydrogens is 259 g/mol. The van der Waals surface area contributed by atoms with Crippen molar-refractivity contribution in [1.29, 1.82) is 5.26 Å². The summed E-state index contributed by atoms with van der Waals surface area (Å²) in [6, 6.07) is 6.05. The molecule has 2 N–H and O–H groups in total. The second-order valence-corrected chi connectivity index (χ2v) is 4.42. The van der Waals surface area contributed by atoms with Crippen molar-refractivity contribution >= 4 is 10.8 Å². The van der Waals surface area contributed by atoms with E-state index in [1.165, 1.54) is 24.4 Å². The molecule has 0 aliphatic rings. The van der Waals surface area contributed by atoms with E-state index in [0.717, 1.165) is 0 Å². The first-order chi connectivity index (χ1) is 9.61. The minimum atomic E-state index is -0.465. The summed E-state index contributed by atoms with van der Waals surface area (Å²) in [5.74, 6) is -0.465. The Labute approximate surface area is 112 Å². The molecule has 0 amide bonds. The monoisotopic (exact) mass is 268 g/mol. The molecule has 6 heteroatoms. The van der Waals surface area contributed by atoms with Gasteiger partial charge in [-0.1, -0.05) is 0 Å². The lowest BCUT2D eigenvalue weighted by Crippen LogP contribution is -2.06. The zero-order chi connectivity index (χ0) is 14.3. The number of fused-ring (bicyclic) bond motifs is 1. The van der Waals surface area contributed by atoms with E-state index in [9.17, 15) is 9.18 Å². The van der Waals surface area contributed by atoms with Crippen molar-refractivity contribution in [2.45, 2.75) is 6.92 Å². The smallest absolute Gasteiger partial charge is 0.273 e. The Kier molecular flexibility index (Phi) is 2.61. The first-order valence-electron chi connectivity index (χ1n) is 5.88. The van der Waals surface area contributed by atoms with Crippen LogP contribution in [-0.4, -0.2) is 15.2 Å². The quantitative estimate of drug-likeness (QED) is 0.709. The van der Waals surface area contributed by atoms with Gasteiger partial charge in [0.1, 0.15) is 5.82 Å². The van der Waals surface area contributed by atoms with Crippen molar-refractivity contribution in [1.82, 2.24) is 15.2 Å². The average Bonchev–Trinajstić information content (AvgIpc) is 2.78. The molecule has 2 aromatic heterocycles. The molecule has 1 aromatic carbocycles. The molecule has 3 aromatic rings. The summed E-state index contributed by atoms with van der Waals surface area (Å²) in [5, 5.41) is 16.0. The normalized spacial score (nSPS) is 10.7. The van der Waals surface area contributed by atoms with Crippen LogP contribution in [0, 0.1) is 24.1 Å². The number of aryl methyl sites for hydroxylation is 1. The van der Waals surface area contributed by atoms with Crippen LogP contribution in [-0.2, 0) is 0 Å². The van der Waals surface area contributed by atoms with Crippen molar-refractivity contribution < 1.29 is 4.39 Å². The van der Waals surface area contributed by atoms with Gasteiger partial charge in [0, 0.05) is 16.6 Å². The Morgan fingerprint density at radius 1 is 1.40 bits per heavy atom. The maximum atomic E-state index is 14.0. The van der Waals surface area contributed by atoms with E-state index in [2.05, 4.69) is 15.2 Å². The Hall–Kier alpha value is -2.94. The van der Waals surface area contributed by atoms with Crippen LogP contribution in [0.2, 0.25) is 0 Å². The number of nitrogens with one attached hydrogen (secondary N) is 2. The molecule has 0 saturated heterocycles. The van der Waals surface area contributed by atoms with Crippen LogP contribution < -0.4 is 5.56 Å². The van der Waals surface area contributed by atoms with Crippen LogP contribution >= 0.6 is 0 Å². The summed E-state index contributed by atoms with van der Waals surface area (Å²) in [6.07, 6.45) is 1.47. The van der Waals surface area contributed by atoms with Gasteiger partial charge in [-0.15, -0.1) is 0 Å². The van der Waals surface area contributed by atoms with Gasteiger partial charge in [-0.2, -0.15) is 10.4 Å². The van der Waals surface area contributed by atoms with Crippen LogP contribution in [0.4, 0.5) is 4.39 Å². The molecule has 0 unspecified atom stereocenters. The van der Waals surface area contributed by atoms with Crippen LogP contribution in [0.1, 0.15) is 11.3 Å². The molecule has 98 valence electrons. The van der Waals surface area contributed by atoms with Gasteiger partial charge in [-0.3, -0.25) is 4.79 Å². The highest BCUT2D eigenvalue weighted by molar-refractivity contribution is 5.96. The number of aromatic nitrogens is 3. The molecule has 0 atom stereocenters. The minimum Gasteiger partial charge on any atom is -0.357 e. The highest BCUT2D eigenvalue weighted by atomic mass is 19.1. The predicted octanol–water partition coefficient (Wildman–Crippen LogP) is 2.24. The SMILES string of the molecule is Cc1[nH]c(-c2cc(C#N)ccc2F)c2cn[nH]c(=O)c12. The first kappa shape index (κ1) is 12.1. The number of rotatable bonds is 1. The molecule has 0 fully saturated rings. The van der Waals surface area contributed by atoms with Crippen molar-refractivity contribution in [3.8, 4) is 17.3 Å². The van der Waals surface area contributed by atoms with Crippen molar-refractivity contribution in [3.05, 3.63) is 51.8 Å². The third-order valence-electron chi connectivity index (χ3n) is 3.18. The Balaban J connectivity index is 2.40. The van der Waals surface area contributed by atoms with E-state index in [1.54, 1.807) is 6.92 Å².